The van der Waals surface area contributed by atoms with Crippen LogP contribution in [-0.4, -0.2) is 10.9 Å². The third kappa shape index (κ3) is 4.97. The molecule has 0 aliphatic carbocycles. The smallest absolute Gasteiger partial charge is 0.257 e. The van der Waals surface area contributed by atoms with Crippen molar-refractivity contribution >= 4 is 40.5 Å². The molecule has 1 amide bonds. The Morgan fingerprint density at radius 3 is 2.50 bits per heavy atom. The van der Waals surface area contributed by atoms with Crippen molar-refractivity contribution in [2.45, 2.75) is 13.5 Å². The summed E-state index contributed by atoms with van der Waals surface area (Å²) in [5, 5.41) is 6.97. The standard InChI is InChI=1S/C20H17Cl2N3O/c1-13-3-2-4-14(5-13)10-24-19-6-15(11-23-12-19)20(26)25-18-8-16(21)7-17(22)9-18/h2-9,11-12,24H,10H2,1H3,(H,25,26). The fourth-order valence-corrected chi connectivity index (χ4v) is 3.04. The Labute approximate surface area is 162 Å². The monoisotopic (exact) mass is 385 g/mol. The molecule has 4 nitrogen and oxygen atoms in total. The lowest BCUT2D eigenvalue weighted by Crippen LogP contribution is -2.13. The summed E-state index contributed by atoms with van der Waals surface area (Å²) >= 11 is 11.9. The lowest BCUT2D eigenvalue weighted by Gasteiger charge is -2.10. The number of benzene rings is 2. The van der Waals surface area contributed by atoms with Crippen LogP contribution in [0.2, 0.25) is 10.0 Å². The number of hydrogen-bond donors (Lipinski definition) is 2. The minimum Gasteiger partial charge on any atom is -0.380 e. The summed E-state index contributed by atoms with van der Waals surface area (Å²) in [6.45, 7) is 2.70. The summed E-state index contributed by atoms with van der Waals surface area (Å²) < 4.78 is 0. The predicted octanol–water partition coefficient (Wildman–Crippen LogP) is 5.56. The van der Waals surface area contributed by atoms with Gasteiger partial charge in [0.05, 0.1) is 11.3 Å². The van der Waals surface area contributed by atoms with E-state index in [-0.39, 0.29) is 5.91 Å². The zero-order valence-electron chi connectivity index (χ0n) is 14.1. The molecule has 2 aromatic carbocycles. The Morgan fingerprint density at radius 2 is 1.77 bits per heavy atom. The number of hydrogen-bond acceptors (Lipinski definition) is 3. The molecule has 0 radical (unpaired) electrons. The first kappa shape index (κ1) is 18.2. The van der Waals surface area contributed by atoms with E-state index in [1.165, 1.54) is 11.8 Å². The van der Waals surface area contributed by atoms with E-state index >= 15 is 0 Å². The molecule has 0 unspecified atom stereocenters. The SMILES string of the molecule is Cc1cccc(CNc2cncc(C(=O)Nc3cc(Cl)cc(Cl)c3)c2)c1. The number of nitrogens with zero attached hydrogens (tertiary/aromatic N) is 1. The van der Waals surface area contributed by atoms with E-state index < -0.39 is 0 Å². The van der Waals surface area contributed by atoms with Crippen LogP contribution >= 0.6 is 23.2 Å². The van der Waals surface area contributed by atoms with E-state index in [1.807, 2.05) is 12.1 Å². The average Bonchev–Trinajstić information content (AvgIpc) is 2.59. The second-order valence-electron chi connectivity index (χ2n) is 5.92. The normalized spacial score (nSPS) is 10.4. The van der Waals surface area contributed by atoms with Gasteiger partial charge in [-0.1, -0.05) is 53.0 Å². The van der Waals surface area contributed by atoms with Crippen LogP contribution in [-0.2, 0) is 6.54 Å². The molecule has 0 saturated carbocycles. The number of halogens is 2. The number of carbonyl (C=O) groups excluding carboxylic acids is 1. The van der Waals surface area contributed by atoms with Crippen LogP contribution in [0.5, 0.6) is 0 Å². The number of aryl methyl sites for hydroxylation is 1. The molecule has 0 fully saturated rings. The summed E-state index contributed by atoms with van der Waals surface area (Å²) in [7, 11) is 0. The van der Waals surface area contributed by atoms with Gasteiger partial charge in [0.1, 0.15) is 0 Å². The summed E-state index contributed by atoms with van der Waals surface area (Å²) in [6.07, 6.45) is 3.20. The van der Waals surface area contributed by atoms with Crippen LogP contribution in [0.1, 0.15) is 21.5 Å². The summed E-state index contributed by atoms with van der Waals surface area (Å²) in [4.78, 5) is 16.6. The Hall–Kier alpha value is -2.56. The van der Waals surface area contributed by atoms with E-state index in [4.69, 9.17) is 23.2 Å². The van der Waals surface area contributed by atoms with E-state index in [2.05, 4.69) is 34.7 Å². The molecule has 0 saturated heterocycles. The highest BCUT2D eigenvalue weighted by Gasteiger charge is 2.09. The number of rotatable bonds is 5. The minimum absolute atomic E-state index is 0.282. The maximum absolute atomic E-state index is 12.4. The third-order valence-electron chi connectivity index (χ3n) is 3.70. The molecule has 0 spiro atoms. The van der Waals surface area contributed by atoms with Crippen LogP contribution < -0.4 is 10.6 Å². The van der Waals surface area contributed by atoms with Crippen molar-refractivity contribution in [3.8, 4) is 0 Å². The first-order valence-electron chi connectivity index (χ1n) is 8.01. The average molecular weight is 386 g/mol. The first-order valence-corrected chi connectivity index (χ1v) is 8.77. The summed E-state index contributed by atoms with van der Waals surface area (Å²) in [5.74, 6) is -0.282. The summed E-state index contributed by atoms with van der Waals surface area (Å²) in [5.41, 5.74) is 4.11. The predicted molar refractivity (Wildman–Crippen MR) is 107 cm³/mol. The second-order valence-corrected chi connectivity index (χ2v) is 6.79. The number of nitrogens with one attached hydrogen (secondary N) is 2. The van der Waals surface area contributed by atoms with Crippen LogP contribution in [0.15, 0.2) is 60.9 Å². The van der Waals surface area contributed by atoms with Crippen molar-refractivity contribution < 1.29 is 4.79 Å². The molecule has 3 aromatic rings. The second kappa shape index (κ2) is 8.21. The molecule has 132 valence electrons. The van der Waals surface area contributed by atoms with Crippen molar-refractivity contribution in [3.05, 3.63) is 87.7 Å². The number of anilines is 2. The largest absolute Gasteiger partial charge is 0.380 e. The Kier molecular flexibility index (Phi) is 5.76. The van der Waals surface area contributed by atoms with Gasteiger partial charge in [0.2, 0.25) is 0 Å². The van der Waals surface area contributed by atoms with Gasteiger partial charge in [0.25, 0.3) is 5.91 Å². The lowest BCUT2D eigenvalue weighted by atomic mass is 10.1. The maximum Gasteiger partial charge on any atom is 0.257 e. The molecular formula is C20H17Cl2N3O. The Morgan fingerprint density at radius 1 is 1.00 bits per heavy atom. The van der Waals surface area contributed by atoms with Crippen molar-refractivity contribution in [2.75, 3.05) is 10.6 Å². The van der Waals surface area contributed by atoms with Gasteiger partial charge in [-0.05, 0) is 36.8 Å². The van der Waals surface area contributed by atoms with Gasteiger partial charge in [-0.25, -0.2) is 0 Å². The Bertz CT molecular complexity index is 924. The van der Waals surface area contributed by atoms with Crippen LogP contribution in [0.25, 0.3) is 0 Å². The quantitative estimate of drug-likeness (QED) is 0.604. The molecular weight excluding hydrogens is 369 g/mol. The maximum atomic E-state index is 12.4. The van der Waals surface area contributed by atoms with Crippen molar-refractivity contribution in [1.82, 2.24) is 4.98 Å². The molecule has 0 atom stereocenters. The molecule has 3 rings (SSSR count). The van der Waals surface area contributed by atoms with Gasteiger partial charge in [0, 0.05) is 34.7 Å². The summed E-state index contributed by atoms with van der Waals surface area (Å²) in [6, 6.07) is 14.9. The number of aromatic nitrogens is 1. The van der Waals surface area contributed by atoms with Crippen LogP contribution in [0.3, 0.4) is 0 Å². The molecule has 0 aliphatic rings. The minimum atomic E-state index is -0.282. The van der Waals surface area contributed by atoms with Gasteiger partial charge in [-0.2, -0.15) is 0 Å². The highest BCUT2D eigenvalue weighted by atomic mass is 35.5. The third-order valence-corrected chi connectivity index (χ3v) is 4.14. The molecule has 0 aliphatic heterocycles. The Balaban J connectivity index is 1.69. The van der Waals surface area contributed by atoms with E-state index in [0.717, 1.165) is 11.3 Å². The highest BCUT2D eigenvalue weighted by molar-refractivity contribution is 6.35. The van der Waals surface area contributed by atoms with Crippen molar-refractivity contribution in [2.24, 2.45) is 0 Å². The first-order chi connectivity index (χ1) is 12.5. The fraction of sp³-hybridized carbons (Fsp3) is 0.100. The van der Waals surface area contributed by atoms with E-state index in [9.17, 15) is 4.79 Å². The van der Waals surface area contributed by atoms with E-state index in [1.54, 1.807) is 30.5 Å². The number of amides is 1. The van der Waals surface area contributed by atoms with Gasteiger partial charge in [-0.15, -0.1) is 0 Å². The van der Waals surface area contributed by atoms with Crippen LogP contribution in [0.4, 0.5) is 11.4 Å². The fourth-order valence-electron chi connectivity index (χ4n) is 2.52. The van der Waals surface area contributed by atoms with E-state index in [0.29, 0.717) is 27.8 Å². The lowest BCUT2D eigenvalue weighted by molar-refractivity contribution is 0.102. The van der Waals surface area contributed by atoms with Crippen LogP contribution in [0, 0.1) is 6.92 Å². The van der Waals surface area contributed by atoms with Crippen molar-refractivity contribution in [1.29, 1.82) is 0 Å². The number of carbonyl (C=O) groups is 1. The van der Waals surface area contributed by atoms with Gasteiger partial charge in [-0.3, -0.25) is 9.78 Å². The topological polar surface area (TPSA) is 54.0 Å². The molecule has 2 N–H and O–H groups in total. The number of pyridine rings is 1. The molecule has 0 bridgehead atoms. The molecule has 6 heteroatoms. The van der Waals surface area contributed by atoms with Gasteiger partial charge < -0.3 is 10.6 Å². The van der Waals surface area contributed by atoms with Crippen molar-refractivity contribution in [3.63, 3.8) is 0 Å². The molecule has 1 heterocycles. The molecule has 1 aromatic heterocycles. The zero-order valence-corrected chi connectivity index (χ0v) is 15.6. The zero-order chi connectivity index (χ0) is 18.5. The van der Waals surface area contributed by atoms with Gasteiger partial charge >= 0.3 is 0 Å². The highest BCUT2D eigenvalue weighted by Crippen LogP contribution is 2.23. The van der Waals surface area contributed by atoms with Gasteiger partial charge in [0.15, 0.2) is 0 Å². The molecule has 26 heavy (non-hydrogen) atoms.